The van der Waals surface area contributed by atoms with Crippen molar-refractivity contribution in [2.24, 2.45) is 0 Å². The summed E-state index contributed by atoms with van der Waals surface area (Å²) in [4.78, 5) is 2.39. The number of para-hydroxylation sites is 1. The molecule has 0 amide bonds. The quantitative estimate of drug-likeness (QED) is 0.156. The van der Waals surface area contributed by atoms with Crippen molar-refractivity contribution in [3.8, 4) is 33.4 Å². The van der Waals surface area contributed by atoms with Gasteiger partial charge in [0.05, 0.1) is 5.69 Å². The molecule has 0 unspecified atom stereocenters. The van der Waals surface area contributed by atoms with Crippen LogP contribution in [0.3, 0.4) is 0 Å². The molecule has 0 saturated heterocycles. The zero-order chi connectivity index (χ0) is 44.0. The fraction of sp³-hybridized carbons (Fsp3) is 0. The zero-order valence-corrected chi connectivity index (χ0v) is 36.3. The summed E-state index contributed by atoms with van der Waals surface area (Å²) in [5.41, 5.74) is 13.6. The summed E-state index contributed by atoms with van der Waals surface area (Å²) < 4.78 is 13.3. The van der Waals surface area contributed by atoms with E-state index in [0.717, 1.165) is 105 Å². The van der Waals surface area contributed by atoms with Gasteiger partial charge < -0.3 is 13.7 Å². The first-order valence-electron chi connectivity index (χ1n) is 22.9. The molecule has 67 heavy (non-hydrogen) atoms. The maximum atomic E-state index is 6.71. The lowest BCUT2D eigenvalue weighted by molar-refractivity contribution is 0.672. The molecule has 0 bridgehead atoms. The average Bonchev–Trinajstić information content (AvgIpc) is 3.99. The fourth-order valence-electron chi connectivity index (χ4n) is 10.7. The maximum Gasteiger partial charge on any atom is 0.143 e. The van der Waals surface area contributed by atoms with E-state index in [2.05, 4.69) is 241 Å². The summed E-state index contributed by atoms with van der Waals surface area (Å²) in [7, 11) is 0. The van der Waals surface area contributed by atoms with Crippen LogP contribution in [-0.2, 0) is 0 Å². The van der Waals surface area contributed by atoms with Crippen LogP contribution in [0.25, 0.3) is 120 Å². The van der Waals surface area contributed by atoms with Crippen molar-refractivity contribution < 1.29 is 8.83 Å². The smallest absolute Gasteiger partial charge is 0.143 e. The molecule has 2 aromatic heterocycles. The van der Waals surface area contributed by atoms with Crippen LogP contribution < -0.4 is 4.90 Å². The van der Waals surface area contributed by atoms with E-state index in [1.165, 1.54) is 32.5 Å². The van der Waals surface area contributed by atoms with Gasteiger partial charge in [-0.1, -0.05) is 176 Å². The molecule has 2 heterocycles. The summed E-state index contributed by atoms with van der Waals surface area (Å²) in [6.45, 7) is 0. The Morgan fingerprint density at radius 3 is 1.37 bits per heavy atom. The second-order valence-corrected chi connectivity index (χ2v) is 17.6. The highest BCUT2D eigenvalue weighted by Crippen LogP contribution is 2.47. The molecule has 0 fully saturated rings. The Morgan fingerprint density at radius 1 is 0.269 bits per heavy atom. The normalized spacial score (nSPS) is 11.9. The van der Waals surface area contributed by atoms with Crippen molar-refractivity contribution in [3.05, 3.63) is 237 Å². The van der Waals surface area contributed by atoms with Crippen LogP contribution in [0.1, 0.15) is 0 Å². The van der Waals surface area contributed by atoms with Crippen molar-refractivity contribution in [3.63, 3.8) is 0 Å². The third-order valence-corrected chi connectivity index (χ3v) is 13.8. The summed E-state index contributed by atoms with van der Waals surface area (Å²) in [5.74, 6) is 0. The molecule has 3 nitrogen and oxygen atoms in total. The van der Waals surface area contributed by atoms with Crippen molar-refractivity contribution >= 4 is 104 Å². The second-order valence-electron chi connectivity index (χ2n) is 17.6. The minimum atomic E-state index is 0.872. The topological polar surface area (TPSA) is 29.5 Å². The first-order chi connectivity index (χ1) is 33.2. The Morgan fingerprint density at radius 2 is 0.716 bits per heavy atom. The van der Waals surface area contributed by atoms with Gasteiger partial charge >= 0.3 is 0 Å². The molecule has 14 rings (SSSR count). The SMILES string of the molecule is c1ccc(N(c2ccc(-c3ccc4c(ccc5ccccc54)c3)cc2)c2ccc(-c3cccc4oc5c6ccccc6ccc5c34)cc2)c(-c2cccc3oc4c5ccccc5ccc4c23)c1. The molecular weight excluding hydrogens is 815 g/mol. The highest BCUT2D eigenvalue weighted by Gasteiger charge is 2.22. The van der Waals surface area contributed by atoms with E-state index in [1.54, 1.807) is 0 Å². The van der Waals surface area contributed by atoms with E-state index in [1.807, 2.05) is 0 Å². The van der Waals surface area contributed by atoms with Crippen LogP contribution in [0.2, 0.25) is 0 Å². The van der Waals surface area contributed by atoms with Gasteiger partial charge in [-0.2, -0.15) is 0 Å². The molecule has 14 aromatic rings. The Bertz CT molecular complexity index is 4270. The zero-order valence-electron chi connectivity index (χ0n) is 36.3. The van der Waals surface area contributed by atoms with E-state index in [4.69, 9.17) is 8.83 Å². The lowest BCUT2D eigenvalue weighted by Crippen LogP contribution is -2.11. The summed E-state index contributed by atoms with van der Waals surface area (Å²) in [6.07, 6.45) is 0. The number of nitrogens with zero attached hydrogens (tertiary/aromatic N) is 1. The molecule has 0 N–H and O–H groups in total. The number of furan rings is 2. The average molecular weight is 854 g/mol. The highest BCUT2D eigenvalue weighted by atomic mass is 16.3. The van der Waals surface area contributed by atoms with Crippen LogP contribution in [0.15, 0.2) is 245 Å². The molecule has 0 atom stereocenters. The third kappa shape index (κ3) is 5.92. The highest BCUT2D eigenvalue weighted by molar-refractivity contribution is 6.21. The van der Waals surface area contributed by atoms with Crippen molar-refractivity contribution in [1.82, 2.24) is 0 Å². The predicted molar refractivity (Wildman–Crippen MR) is 282 cm³/mol. The number of fused-ring (bicyclic) bond motifs is 13. The third-order valence-electron chi connectivity index (χ3n) is 13.8. The minimum Gasteiger partial charge on any atom is -0.455 e. The van der Waals surface area contributed by atoms with Gasteiger partial charge in [-0.15, -0.1) is 0 Å². The molecule has 0 saturated carbocycles. The standard InChI is InChI=1S/C64H39NO2/c1-4-14-49-41(11-1)23-24-46-39-45(31-36-50(46)49)40-25-32-47(33-26-40)65(48-34-27-44(28-35-48)51-18-9-21-59-61(51)56-37-29-42-12-2-5-15-52(42)63(56)66-59)58-20-8-7-17-54(58)55-19-10-22-60-62(55)57-38-30-43-13-3-6-16-53(43)64(57)67-60/h1-39H. The Balaban J connectivity index is 0.926. The Labute approximate surface area is 386 Å². The van der Waals surface area contributed by atoms with Crippen LogP contribution in [-0.4, -0.2) is 0 Å². The van der Waals surface area contributed by atoms with E-state index in [9.17, 15) is 0 Å². The van der Waals surface area contributed by atoms with E-state index in [0.29, 0.717) is 0 Å². The fourth-order valence-corrected chi connectivity index (χ4v) is 10.7. The number of hydrogen-bond donors (Lipinski definition) is 0. The van der Waals surface area contributed by atoms with Crippen molar-refractivity contribution in [1.29, 1.82) is 0 Å². The van der Waals surface area contributed by atoms with Crippen LogP contribution in [0.4, 0.5) is 17.1 Å². The first kappa shape index (κ1) is 37.5. The van der Waals surface area contributed by atoms with E-state index in [-0.39, 0.29) is 0 Å². The van der Waals surface area contributed by atoms with Gasteiger partial charge in [-0.3, -0.25) is 0 Å². The predicted octanol–water partition coefficient (Wildman–Crippen LogP) is 18.6. The Hall–Kier alpha value is -8.92. The molecular formula is C64H39NO2. The lowest BCUT2D eigenvalue weighted by atomic mass is 9.95. The number of anilines is 3. The lowest BCUT2D eigenvalue weighted by Gasteiger charge is -2.28. The summed E-state index contributed by atoms with van der Waals surface area (Å²) in [5, 5.41) is 14.1. The molecule has 312 valence electrons. The first-order valence-corrected chi connectivity index (χ1v) is 22.9. The monoisotopic (exact) mass is 853 g/mol. The van der Waals surface area contributed by atoms with E-state index < -0.39 is 0 Å². The van der Waals surface area contributed by atoms with Crippen LogP contribution in [0.5, 0.6) is 0 Å². The number of benzene rings is 12. The van der Waals surface area contributed by atoms with Gasteiger partial charge in [-0.25, -0.2) is 0 Å². The number of rotatable bonds is 6. The van der Waals surface area contributed by atoms with Crippen LogP contribution >= 0.6 is 0 Å². The minimum absolute atomic E-state index is 0.872. The summed E-state index contributed by atoms with van der Waals surface area (Å²) >= 11 is 0. The summed E-state index contributed by atoms with van der Waals surface area (Å²) in [6, 6.07) is 85.3. The molecule has 0 aliphatic carbocycles. The molecule has 3 heteroatoms. The van der Waals surface area contributed by atoms with Crippen LogP contribution in [0, 0.1) is 0 Å². The van der Waals surface area contributed by atoms with Gasteiger partial charge in [-0.05, 0) is 121 Å². The van der Waals surface area contributed by atoms with Gasteiger partial charge in [0, 0.05) is 49.3 Å². The van der Waals surface area contributed by atoms with Crippen molar-refractivity contribution in [2.45, 2.75) is 0 Å². The molecule has 0 aliphatic heterocycles. The molecule has 0 spiro atoms. The molecule has 12 aromatic carbocycles. The van der Waals surface area contributed by atoms with Gasteiger partial charge in [0.15, 0.2) is 0 Å². The van der Waals surface area contributed by atoms with Gasteiger partial charge in [0.2, 0.25) is 0 Å². The van der Waals surface area contributed by atoms with E-state index >= 15 is 0 Å². The maximum absolute atomic E-state index is 6.71. The second kappa shape index (κ2) is 14.8. The Kier molecular flexibility index (Phi) is 8.28. The largest absolute Gasteiger partial charge is 0.455 e. The molecule has 0 radical (unpaired) electrons. The van der Waals surface area contributed by atoms with Crippen molar-refractivity contribution in [2.75, 3.05) is 4.90 Å². The van der Waals surface area contributed by atoms with Gasteiger partial charge in [0.25, 0.3) is 0 Å². The number of hydrogen-bond acceptors (Lipinski definition) is 3. The van der Waals surface area contributed by atoms with Gasteiger partial charge in [0.1, 0.15) is 22.3 Å². The molecule has 0 aliphatic rings.